The molecule has 0 heterocycles. The highest BCUT2D eigenvalue weighted by Crippen LogP contribution is 2.24. The fourth-order valence-electron chi connectivity index (χ4n) is 1.12. The van der Waals surface area contributed by atoms with Crippen LogP contribution in [0.2, 0.25) is 5.02 Å². The molecule has 1 aromatic rings. The molecule has 0 aliphatic carbocycles. The first-order valence-electron chi connectivity index (χ1n) is 4.06. The average molecular weight is 221 g/mol. The lowest BCUT2D eigenvalue weighted by molar-refractivity contribution is 0.0986. The molecule has 1 atom stereocenters. The maximum atomic E-state index is 12.4. The molecular weight excluding hydrogens is 210 g/mol. The molecule has 0 fully saturated rings. The number of nitrogens with one attached hydrogen (secondary N) is 1. The number of benzene rings is 1. The van der Waals surface area contributed by atoms with Crippen LogP contribution >= 0.6 is 11.6 Å². The molecule has 0 saturated carbocycles. The first-order chi connectivity index (χ1) is 6.56. The summed E-state index contributed by atoms with van der Waals surface area (Å²) in [7, 11) is 0. The van der Waals surface area contributed by atoms with E-state index in [1.165, 1.54) is 6.07 Å². The molecule has 0 bridgehead atoms. The molecule has 0 aromatic heterocycles. The lowest BCUT2D eigenvalue weighted by Gasteiger charge is -2.15. The molecule has 0 aliphatic rings. The molecule has 0 amide bonds. The van der Waals surface area contributed by atoms with E-state index in [0.29, 0.717) is 10.6 Å². The van der Waals surface area contributed by atoms with Gasteiger partial charge in [0.05, 0.1) is 0 Å². The Hall–Kier alpha value is -0.710. The van der Waals surface area contributed by atoms with Gasteiger partial charge in [0.1, 0.15) is 6.04 Å². The van der Waals surface area contributed by atoms with E-state index >= 15 is 0 Å². The zero-order valence-electron chi connectivity index (χ0n) is 7.60. The SMILES string of the molecule is Cc1ccc(C(NN)C(F)F)cc1Cl. The van der Waals surface area contributed by atoms with Gasteiger partial charge in [-0.1, -0.05) is 23.7 Å². The molecular formula is C9H11ClF2N2. The third-order valence-electron chi connectivity index (χ3n) is 1.99. The van der Waals surface area contributed by atoms with Crippen LogP contribution in [0.25, 0.3) is 0 Å². The predicted octanol–water partition coefficient (Wildman–Crippen LogP) is 2.42. The van der Waals surface area contributed by atoms with Gasteiger partial charge in [-0.25, -0.2) is 14.2 Å². The second kappa shape index (κ2) is 4.68. The van der Waals surface area contributed by atoms with Crippen LogP contribution in [0.5, 0.6) is 0 Å². The van der Waals surface area contributed by atoms with Gasteiger partial charge in [0.25, 0.3) is 6.43 Å². The molecule has 1 rings (SSSR count). The fourth-order valence-corrected chi connectivity index (χ4v) is 1.31. The Morgan fingerprint density at radius 2 is 2.07 bits per heavy atom. The summed E-state index contributed by atoms with van der Waals surface area (Å²) in [6, 6.07) is 3.59. The van der Waals surface area contributed by atoms with Crippen molar-refractivity contribution in [2.24, 2.45) is 5.84 Å². The first kappa shape index (κ1) is 11.4. The van der Waals surface area contributed by atoms with E-state index in [9.17, 15) is 8.78 Å². The van der Waals surface area contributed by atoms with Crippen LogP contribution < -0.4 is 11.3 Å². The van der Waals surface area contributed by atoms with Crippen LogP contribution in [0.3, 0.4) is 0 Å². The highest BCUT2D eigenvalue weighted by Gasteiger charge is 2.20. The summed E-state index contributed by atoms with van der Waals surface area (Å²) in [5, 5.41) is 0.461. The number of hydrogen-bond acceptors (Lipinski definition) is 2. The van der Waals surface area contributed by atoms with Gasteiger partial charge in [-0.15, -0.1) is 0 Å². The Kier molecular flexibility index (Phi) is 3.80. The van der Waals surface area contributed by atoms with Crippen molar-refractivity contribution in [1.29, 1.82) is 0 Å². The van der Waals surface area contributed by atoms with Crippen molar-refractivity contribution in [1.82, 2.24) is 5.43 Å². The molecule has 14 heavy (non-hydrogen) atoms. The molecule has 0 spiro atoms. The summed E-state index contributed by atoms with van der Waals surface area (Å²) in [5.74, 6) is 5.02. The van der Waals surface area contributed by atoms with E-state index in [1.807, 2.05) is 0 Å². The van der Waals surface area contributed by atoms with Gasteiger partial charge in [-0.3, -0.25) is 5.84 Å². The molecule has 0 aliphatic heterocycles. The number of alkyl halides is 2. The van der Waals surface area contributed by atoms with E-state index in [2.05, 4.69) is 5.43 Å². The standard InChI is InChI=1S/C9H11ClF2N2/c1-5-2-3-6(4-7(5)10)8(14-13)9(11)12/h2-4,8-9,14H,13H2,1H3. The molecule has 0 saturated heterocycles. The van der Waals surface area contributed by atoms with Gasteiger partial charge < -0.3 is 0 Å². The Labute approximate surface area is 86.0 Å². The monoisotopic (exact) mass is 220 g/mol. The lowest BCUT2D eigenvalue weighted by atomic mass is 10.1. The zero-order chi connectivity index (χ0) is 10.7. The molecule has 1 aromatic carbocycles. The molecule has 78 valence electrons. The highest BCUT2D eigenvalue weighted by molar-refractivity contribution is 6.31. The summed E-state index contributed by atoms with van der Waals surface area (Å²) in [4.78, 5) is 0. The summed E-state index contributed by atoms with van der Waals surface area (Å²) >= 11 is 5.81. The van der Waals surface area contributed by atoms with Gasteiger partial charge >= 0.3 is 0 Å². The van der Waals surface area contributed by atoms with Crippen molar-refractivity contribution in [3.05, 3.63) is 34.3 Å². The minimum absolute atomic E-state index is 0.387. The third-order valence-corrected chi connectivity index (χ3v) is 2.39. The van der Waals surface area contributed by atoms with E-state index in [1.54, 1.807) is 19.1 Å². The Balaban J connectivity index is 3.00. The molecule has 5 heteroatoms. The van der Waals surface area contributed by atoms with Gasteiger partial charge in [-0.05, 0) is 24.1 Å². The number of nitrogens with two attached hydrogens (primary N) is 1. The number of rotatable bonds is 3. The Morgan fingerprint density at radius 3 is 2.50 bits per heavy atom. The maximum Gasteiger partial charge on any atom is 0.259 e. The van der Waals surface area contributed by atoms with Gasteiger partial charge in [0, 0.05) is 5.02 Å². The second-order valence-electron chi connectivity index (χ2n) is 2.99. The highest BCUT2D eigenvalue weighted by atomic mass is 35.5. The normalized spacial score (nSPS) is 13.3. The van der Waals surface area contributed by atoms with E-state index in [-0.39, 0.29) is 0 Å². The Bertz CT molecular complexity index is 318. The van der Waals surface area contributed by atoms with Crippen molar-refractivity contribution in [3.63, 3.8) is 0 Å². The van der Waals surface area contributed by atoms with Crippen molar-refractivity contribution >= 4 is 11.6 Å². The van der Waals surface area contributed by atoms with E-state index in [4.69, 9.17) is 17.4 Å². The van der Waals surface area contributed by atoms with Crippen molar-refractivity contribution in [2.75, 3.05) is 0 Å². The fraction of sp³-hybridized carbons (Fsp3) is 0.333. The Morgan fingerprint density at radius 1 is 1.43 bits per heavy atom. The summed E-state index contributed by atoms with van der Waals surface area (Å²) < 4.78 is 24.9. The van der Waals surface area contributed by atoms with Gasteiger partial charge in [0.15, 0.2) is 0 Å². The van der Waals surface area contributed by atoms with Crippen molar-refractivity contribution < 1.29 is 8.78 Å². The summed E-state index contributed by atoms with van der Waals surface area (Å²) in [5.41, 5.74) is 3.29. The maximum absolute atomic E-state index is 12.4. The number of halogens is 3. The molecule has 1 unspecified atom stereocenters. The van der Waals surface area contributed by atoms with Crippen molar-refractivity contribution in [2.45, 2.75) is 19.4 Å². The minimum Gasteiger partial charge on any atom is -0.271 e. The lowest BCUT2D eigenvalue weighted by Crippen LogP contribution is -2.32. The van der Waals surface area contributed by atoms with Crippen LogP contribution in [0.4, 0.5) is 8.78 Å². The smallest absolute Gasteiger partial charge is 0.259 e. The van der Waals surface area contributed by atoms with Crippen LogP contribution in [-0.2, 0) is 0 Å². The first-order valence-corrected chi connectivity index (χ1v) is 4.44. The minimum atomic E-state index is -2.56. The van der Waals surface area contributed by atoms with Crippen LogP contribution in [-0.4, -0.2) is 6.43 Å². The zero-order valence-corrected chi connectivity index (χ0v) is 8.35. The predicted molar refractivity (Wildman–Crippen MR) is 52.3 cm³/mol. The second-order valence-corrected chi connectivity index (χ2v) is 3.39. The van der Waals surface area contributed by atoms with E-state index < -0.39 is 12.5 Å². The number of aryl methyl sites for hydroxylation is 1. The molecule has 3 N–H and O–H groups in total. The summed E-state index contributed by atoms with van der Waals surface area (Å²) in [6.45, 7) is 1.80. The molecule has 2 nitrogen and oxygen atoms in total. The molecule has 0 radical (unpaired) electrons. The van der Waals surface area contributed by atoms with E-state index in [0.717, 1.165) is 5.56 Å². The van der Waals surface area contributed by atoms with Crippen LogP contribution in [0, 0.1) is 6.92 Å². The van der Waals surface area contributed by atoms with Gasteiger partial charge in [0.2, 0.25) is 0 Å². The topological polar surface area (TPSA) is 38.0 Å². The largest absolute Gasteiger partial charge is 0.271 e. The van der Waals surface area contributed by atoms with Crippen LogP contribution in [0.1, 0.15) is 17.2 Å². The number of hydrogen-bond donors (Lipinski definition) is 2. The van der Waals surface area contributed by atoms with Crippen molar-refractivity contribution in [3.8, 4) is 0 Å². The average Bonchev–Trinajstić information content (AvgIpc) is 2.11. The number of hydrazine groups is 1. The quantitative estimate of drug-likeness (QED) is 0.607. The van der Waals surface area contributed by atoms with Crippen LogP contribution in [0.15, 0.2) is 18.2 Å². The van der Waals surface area contributed by atoms with Gasteiger partial charge in [-0.2, -0.15) is 0 Å². The summed E-state index contributed by atoms with van der Waals surface area (Å²) in [6.07, 6.45) is -2.56. The third kappa shape index (κ3) is 2.41.